The molecule has 0 N–H and O–H groups in total. The molecule has 0 heterocycles. The summed E-state index contributed by atoms with van der Waals surface area (Å²) in [5.41, 5.74) is 0.427. The molecule has 0 fully saturated rings. The average Bonchev–Trinajstić information content (AvgIpc) is 3.51. The summed E-state index contributed by atoms with van der Waals surface area (Å²) in [7, 11) is 0. The first kappa shape index (κ1) is 27.5. The predicted octanol–water partition coefficient (Wildman–Crippen LogP) is 9.34. The standard InChI is InChI=1S/C11H11.2C7H5F3O.C5H5.Zr/c1-8-7-9(2)11-6-4-3-5-10(8)11;2*8-7(9,10)5-3-1-2-4-6(5)11;1-2-4-5-3-1;/h3-7H,1-2H3;2*1-4,11H;1-3H,4H2;/q;;;;+2/p-2. The van der Waals surface area contributed by atoms with Crippen molar-refractivity contribution in [3.8, 4) is 11.5 Å². The van der Waals surface area contributed by atoms with E-state index in [1.807, 2.05) is 38.1 Å². The van der Waals surface area contributed by atoms with Gasteiger partial charge in [0.2, 0.25) is 0 Å². The quantitative estimate of drug-likeness (QED) is 0.256. The Kier molecular flexibility index (Phi) is 6.94. The number of halogens is 6. The van der Waals surface area contributed by atoms with E-state index in [1.165, 1.54) is 36.4 Å². The molecule has 0 saturated carbocycles. The van der Waals surface area contributed by atoms with Crippen molar-refractivity contribution in [1.82, 2.24) is 0 Å². The summed E-state index contributed by atoms with van der Waals surface area (Å²) in [4.78, 5) is 0. The number of hydrogen-bond acceptors (Lipinski definition) is 2. The SMILES string of the molecule is CC1=C[C](C)([Zr]([O]c2ccccc2C(F)(F)F)([O]c2ccccc2C(F)(F)F)[C]2=CC=CC2)c2ccccc21. The molecule has 2 aliphatic carbocycles. The molecule has 3 aromatic rings. The maximum atomic E-state index is 14.1. The van der Waals surface area contributed by atoms with Gasteiger partial charge in [-0.3, -0.25) is 0 Å². The van der Waals surface area contributed by atoms with Crippen molar-refractivity contribution in [1.29, 1.82) is 0 Å². The number of hydrogen-bond donors (Lipinski definition) is 0. The molecule has 1 atom stereocenters. The van der Waals surface area contributed by atoms with Gasteiger partial charge in [-0.1, -0.05) is 0 Å². The van der Waals surface area contributed by atoms with Gasteiger partial charge in [-0.2, -0.15) is 0 Å². The van der Waals surface area contributed by atoms with Crippen LogP contribution in [0.3, 0.4) is 0 Å². The molecule has 0 saturated heterocycles. The van der Waals surface area contributed by atoms with Crippen LogP contribution >= 0.6 is 0 Å². The van der Waals surface area contributed by atoms with Crippen molar-refractivity contribution in [3.63, 3.8) is 0 Å². The number of rotatable bonds is 6. The van der Waals surface area contributed by atoms with E-state index < -0.39 is 59.2 Å². The van der Waals surface area contributed by atoms with Crippen LogP contribution in [0.25, 0.3) is 5.57 Å². The molecule has 3 aromatic carbocycles. The monoisotopic (exact) mass is 620 g/mol. The Labute approximate surface area is 227 Å². The average molecular weight is 622 g/mol. The normalized spacial score (nSPS) is 19.0. The Morgan fingerprint density at radius 2 is 1.26 bits per heavy atom. The summed E-state index contributed by atoms with van der Waals surface area (Å²) in [6.07, 6.45) is -2.05. The summed E-state index contributed by atoms with van der Waals surface area (Å²) < 4.78 is 97.4. The Bertz CT molecular complexity index is 1440. The second kappa shape index (κ2) is 9.85. The van der Waals surface area contributed by atoms with E-state index in [2.05, 4.69) is 0 Å². The van der Waals surface area contributed by atoms with Crippen LogP contribution in [0.15, 0.2) is 100 Å². The van der Waals surface area contributed by atoms with Gasteiger partial charge in [0.15, 0.2) is 0 Å². The zero-order chi connectivity index (χ0) is 28.1. The fraction of sp³-hybridized carbons (Fsp3) is 0.200. The third kappa shape index (κ3) is 4.79. The third-order valence-electron chi connectivity index (χ3n) is 7.19. The van der Waals surface area contributed by atoms with Gasteiger partial charge in [-0.25, -0.2) is 0 Å². The molecule has 1 unspecified atom stereocenters. The summed E-state index contributed by atoms with van der Waals surface area (Å²) >= 11 is -5.45. The first-order chi connectivity index (χ1) is 18.4. The van der Waals surface area contributed by atoms with Gasteiger partial charge in [-0.15, -0.1) is 0 Å². The van der Waals surface area contributed by atoms with Crippen LogP contribution < -0.4 is 5.63 Å². The third-order valence-corrected chi connectivity index (χ3v) is 17.0. The topological polar surface area (TPSA) is 18.5 Å². The molecular formula is C30H24F6O2Zr. The first-order valence-corrected chi connectivity index (χ1v) is 16.7. The van der Waals surface area contributed by atoms with E-state index in [-0.39, 0.29) is 0 Å². The van der Waals surface area contributed by atoms with Crippen LogP contribution in [0.2, 0.25) is 0 Å². The predicted molar refractivity (Wildman–Crippen MR) is 133 cm³/mol. The Hall–Kier alpha value is -3.06. The molecule has 0 aromatic heterocycles. The number of allylic oxidation sites excluding steroid dienone is 6. The molecule has 0 aliphatic heterocycles. The van der Waals surface area contributed by atoms with E-state index in [0.29, 0.717) is 9.70 Å². The van der Waals surface area contributed by atoms with Gasteiger partial charge in [-0.05, 0) is 0 Å². The Morgan fingerprint density at radius 1 is 0.744 bits per heavy atom. The molecule has 2 aliphatic rings. The molecule has 0 spiro atoms. The van der Waals surface area contributed by atoms with Gasteiger partial charge in [0, 0.05) is 0 Å². The molecule has 5 rings (SSSR count). The maximum absolute atomic E-state index is 14.1. The molecule has 0 bridgehead atoms. The van der Waals surface area contributed by atoms with E-state index in [9.17, 15) is 26.3 Å². The molecule has 2 nitrogen and oxygen atoms in total. The van der Waals surface area contributed by atoms with Crippen molar-refractivity contribution in [3.05, 3.63) is 123 Å². The van der Waals surface area contributed by atoms with Crippen molar-refractivity contribution < 1.29 is 53.1 Å². The molecule has 0 amide bonds. The van der Waals surface area contributed by atoms with Crippen LogP contribution in [0.5, 0.6) is 11.5 Å². The number of fused-ring (bicyclic) bond motifs is 1. The van der Waals surface area contributed by atoms with Crippen molar-refractivity contribution in [2.24, 2.45) is 0 Å². The van der Waals surface area contributed by atoms with Crippen LogP contribution in [0.4, 0.5) is 26.3 Å². The molecule has 0 radical (unpaired) electrons. The Balaban J connectivity index is 1.82. The second-order valence-electron chi connectivity index (χ2n) is 9.71. The fourth-order valence-electron chi connectivity index (χ4n) is 5.42. The minimum atomic E-state index is -5.45. The van der Waals surface area contributed by atoms with Crippen molar-refractivity contribution >= 4 is 5.57 Å². The number of alkyl halides is 6. The zero-order valence-electron chi connectivity index (χ0n) is 21.0. The van der Waals surface area contributed by atoms with Crippen molar-refractivity contribution in [2.75, 3.05) is 0 Å². The summed E-state index contributed by atoms with van der Waals surface area (Å²) in [5.74, 6) is -0.926. The van der Waals surface area contributed by atoms with Gasteiger partial charge in [0.25, 0.3) is 0 Å². The van der Waals surface area contributed by atoms with Crippen LogP contribution in [-0.2, 0) is 36.6 Å². The summed E-state index contributed by atoms with van der Waals surface area (Å²) in [6.45, 7) is 3.68. The Morgan fingerprint density at radius 3 is 1.77 bits per heavy atom. The van der Waals surface area contributed by atoms with Crippen LogP contribution in [0, 0.1) is 0 Å². The zero-order valence-corrected chi connectivity index (χ0v) is 23.5. The van der Waals surface area contributed by atoms with E-state index in [4.69, 9.17) is 5.63 Å². The first-order valence-electron chi connectivity index (χ1n) is 12.2. The molecular weight excluding hydrogens is 598 g/mol. The van der Waals surface area contributed by atoms with E-state index in [1.54, 1.807) is 24.3 Å². The van der Waals surface area contributed by atoms with Gasteiger partial charge in [0.1, 0.15) is 0 Å². The minimum absolute atomic E-state index is 0.295. The van der Waals surface area contributed by atoms with Gasteiger partial charge < -0.3 is 0 Å². The molecule has 202 valence electrons. The van der Waals surface area contributed by atoms with Gasteiger partial charge >= 0.3 is 229 Å². The second-order valence-corrected chi connectivity index (χ2v) is 17.9. The van der Waals surface area contributed by atoms with Crippen LogP contribution in [0.1, 0.15) is 42.5 Å². The van der Waals surface area contributed by atoms with Crippen LogP contribution in [-0.4, -0.2) is 0 Å². The number of benzene rings is 3. The molecule has 39 heavy (non-hydrogen) atoms. The van der Waals surface area contributed by atoms with E-state index in [0.717, 1.165) is 28.8 Å². The number of para-hydroxylation sites is 2. The molecule has 9 heteroatoms. The van der Waals surface area contributed by atoms with E-state index >= 15 is 0 Å². The van der Waals surface area contributed by atoms with Gasteiger partial charge in [0.05, 0.1) is 0 Å². The fourth-order valence-corrected chi connectivity index (χ4v) is 15.4. The summed E-state index contributed by atoms with van der Waals surface area (Å²) in [5, 5.41) is 0. The van der Waals surface area contributed by atoms with Crippen molar-refractivity contribution in [2.45, 2.75) is 35.7 Å². The summed E-state index contributed by atoms with van der Waals surface area (Å²) in [6, 6.07) is 16.9.